The van der Waals surface area contributed by atoms with Gasteiger partial charge in [-0.05, 0) is 12.0 Å². The summed E-state index contributed by atoms with van der Waals surface area (Å²) < 4.78 is 1.52. The van der Waals surface area contributed by atoms with E-state index in [4.69, 9.17) is 0 Å². The average molecular weight is 310 g/mol. The van der Waals surface area contributed by atoms with Gasteiger partial charge in [0, 0.05) is 44.6 Å². The van der Waals surface area contributed by atoms with Crippen molar-refractivity contribution < 1.29 is 4.92 Å². The number of aromatic nitrogens is 2. The molecule has 1 aliphatic heterocycles. The van der Waals surface area contributed by atoms with Gasteiger partial charge in [0.2, 0.25) is 5.82 Å². The van der Waals surface area contributed by atoms with Crippen molar-refractivity contribution in [3.63, 3.8) is 0 Å². The number of nitrogens with one attached hydrogen (secondary N) is 1. The molecule has 3 rings (SSSR count). The zero-order valence-electron chi connectivity index (χ0n) is 11.9. The second kappa shape index (κ2) is 5.96. The maximum atomic E-state index is 11.2. The smallest absolute Gasteiger partial charge is 0.362 e. The van der Waals surface area contributed by atoms with E-state index in [0.717, 1.165) is 32.7 Å². The lowest BCUT2D eigenvalue weighted by atomic mass is 10.3. The van der Waals surface area contributed by atoms with Crippen LogP contribution in [0.5, 0.6) is 0 Å². The van der Waals surface area contributed by atoms with Gasteiger partial charge in [0.15, 0.2) is 0 Å². The van der Waals surface area contributed by atoms with E-state index in [-0.39, 0.29) is 10.7 Å². The van der Waals surface area contributed by atoms with E-state index in [0.29, 0.717) is 17.3 Å². The number of piperazine rings is 1. The van der Waals surface area contributed by atoms with Crippen LogP contribution >= 0.6 is 11.3 Å². The predicted molar refractivity (Wildman–Crippen MR) is 82.2 cm³/mol. The van der Waals surface area contributed by atoms with Crippen LogP contribution in [0.25, 0.3) is 4.96 Å². The molecular formula is C12H18N6O2S. The van der Waals surface area contributed by atoms with Crippen LogP contribution in [0.3, 0.4) is 0 Å². The van der Waals surface area contributed by atoms with Crippen molar-refractivity contribution in [2.75, 3.05) is 51.6 Å². The molecule has 0 atom stereocenters. The molecule has 8 nitrogen and oxygen atoms in total. The molecule has 0 aliphatic carbocycles. The van der Waals surface area contributed by atoms with E-state index in [9.17, 15) is 10.1 Å². The Balaban J connectivity index is 1.61. The highest BCUT2D eigenvalue weighted by Crippen LogP contribution is 2.27. The highest BCUT2D eigenvalue weighted by molar-refractivity contribution is 7.15. The Labute approximate surface area is 126 Å². The number of hydrogen-bond acceptors (Lipinski definition) is 7. The fourth-order valence-corrected chi connectivity index (χ4v) is 3.18. The summed E-state index contributed by atoms with van der Waals surface area (Å²) in [6.07, 6.45) is 1.68. The molecule has 2 aromatic heterocycles. The number of nitro groups is 1. The molecule has 0 amide bonds. The molecule has 0 aromatic carbocycles. The van der Waals surface area contributed by atoms with Gasteiger partial charge < -0.3 is 20.3 Å². The zero-order valence-corrected chi connectivity index (χ0v) is 12.7. The Bertz CT molecular complexity index is 631. The van der Waals surface area contributed by atoms with Gasteiger partial charge in [-0.25, -0.2) is 0 Å². The Morgan fingerprint density at radius 1 is 1.43 bits per heavy atom. The number of nitrogens with zero attached hydrogens (tertiary/aromatic N) is 5. The van der Waals surface area contributed by atoms with Crippen LogP contribution < -0.4 is 5.32 Å². The molecule has 0 unspecified atom stereocenters. The monoisotopic (exact) mass is 310 g/mol. The normalized spacial score (nSPS) is 17.4. The van der Waals surface area contributed by atoms with Gasteiger partial charge in [0.05, 0.1) is 0 Å². The molecule has 3 heterocycles. The SMILES string of the molecule is CN1CCN(CCNc2nc3sccn3c2[N+](=O)[O-])CC1. The van der Waals surface area contributed by atoms with E-state index >= 15 is 0 Å². The van der Waals surface area contributed by atoms with Crippen LogP contribution in [-0.2, 0) is 0 Å². The van der Waals surface area contributed by atoms with Crippen LogP contribution in [0.1, 0.15) is 0 Å². The first-order chi connectivity index (χ1) is 10.1. The number of rotatable bonds is 5. The van der Waals surface area contributed by atoms with Crippen LogP contribution in [0.2, 0.25) is 0 Å². The average Bonchev–Trinajstić information content (AvgIpc) is 3.00. The fourth-order valence-electron chi connectivity index (χ4n) is 2.47. The molecule has 2 aromatic rings. The fraction of sp³-hybridized carbons (Fsp3) is 0.583. The first-order valence-electron chi connectivity index (χ1n) is 6.90. The van der Waals surface area contributed by atoms with E-state index < -0.39 is 0 Å². The second-order valence-electron chi connectivity index (χ2n) is 5.17. The lowest BCUT2D eigenvalue weighted by Crippen LogP contribution is -2.45. The number of anilines is 1. The van der Waals surface area contributed by atoms with Gasteiger partial charge >= 0.3 is 5.82 Å². The van der Waals surface area contributed by atoms with Crippen LogP contribution in [0.4, 0.5) is 11.6 Å². The standard InChI is InChI=1S/C12H18N6O2S/c1-15-4-6-16(7-5-15)3-2-13-10-11(18(19)20)17-8-9-21-12(17)14-10/h8-9,13H,2-7H2,1H3. The largest absolute Gasteiger partial charge is 0.372 e. The molecule has 1 saturated heterocycles. The molecule has 21 heavy (non-hydrogen) atoms. The summed E-state index contributed by atoms with van der Waals surface area (Å²) in [5, 5.41) is 16.1. The third-order valence-electron chi connectivity index (χ3n) is 3.73. The molecule has 9 heteroatoms. The molecule has 114 valence electrons. The van der Waals surface area contributed by atoms with Crippen LogP contribution in [0.15, 0.2) is 11.6 Å². The molecule has 0 spiro atoms. The van der Waals surface area contributed by atoms with Crippen molar-refractivity contribution in [1.82, 2.24) is 19.2 Å². The second-order valence-corrected chi connectivity index (χ2v) is 6.04. The van der Waals surface area contributed by atoms with E-state index in [2.05, 4.69) is 27.1 Å². The summed E-state index contributed by atoms with van der Waals surface area (Å²) in [5.74, 6) is 0.380. The van der Waals surface area contributed by atoms with E-state index in [1.54, 1.807) is 11.6 Å². The summed E-state index contributed by atoms with van der Waals surface area (Å²) in [7, 11) is 2.12. The van der Waals surface area contributed by atoms with E-state index in [1.807, 2.05) is 0 Å². The molecular weight excluding hydrogens is 292 g/mol. The van der Waals surface area contributed by atoms with Gasteiger partial charge in [-0.3, -0.25) is 4.90 Å². The van der Waals surface area contributed by atoms with Crippen molar-refractivity contribution in [2.24, 2.45) is 0 Å². The summed E-state index contributed by atoms with van der Waals surface area (Å²) in [6, 6.07) is 0. The Kier molecular flexibility index (Phi) is 4.04. The van der Waals surface area contributed by atoms with Gasteiger partial charge in [0.25, 0.3) is 4.96 Å². The summed E-state index contributed by atoms with van der Waals surface area (Å²) in [6.45, 7) is 5.75. The number of fused-ring (bicyclic) bond motifs is 1. The third kappa shape index (κ3) is 2.99. The Morgan fingerprint density at radius 2 is 2.19 bits per heavy atom. The van der Waals surface area contributed by atoms with Gasteiger partial charge in [-0.15, -0.1) is 0 Å². The van der Waals surface area contributed by atoms with Gasteiger partial charge in [-0.2, -0.15) is 9.38 Å². The Hall–Kier alpha value is -1.71. The minimum absolute atomic E-state index is 0.0182. The van der Waals surface area contributed by atoms with Crippen LogP contribution in [-0.4, -0.2) is 70.4 Å². The lowest BCUT2D eigenvalue weighted by molar-refractivity contribution is -0.389. The number of likely N-dealkylation sites (N-methyl/N-ethyl adjacent to an activating group) is 1. The first-order valence-corrected chi connectivity index (χ1v) is 7.78. The maximum absolute atomic E-state index is 11.2. The highest BCUT2D eigenvalue weighted by Gasteiger charge is 2.23. The van der Waals surface area contributed by atoms with Crippen molar-refractivity contribution in [3.8, 4) is 0 Å². The number of imidazole rings is 1. The number of thiazole rings is 1. The van der Waals surface area contributed by atoms with Crippen LogP contribution in [0, 0.1) is 10.1 Å². The summed E-state index contributed by atoms with van der Waals surface area (Å²) in [5.41, 5.74) is 0. The Morgan fingerprint density at radius 3 is 2.90 bits per heavy atom. The molecule has 0 bridgehead atoms. The van der Waals surface area contributed by atoms with Gasteiger partial charge in [0.1, 0.15) is 6.20 Å². The molecule has 1 N–H and O–H groups in total. The highest BCUT2D eigenvalue weighted by atomic mass is 32.1. The third-order valence-corrected chi connectivity index (χ3v) is 4.48. The van der Waals surface area contributed by atoms with Crippen molar-refractivity contribution >= 4 is 27.9 Å². The van der Waals surface area contributed by atoms with E-state index in [1.165, 1.54) is 15.7 Å². The first kappa shape index (κ1) is 14.2. The molecule has 1 aliphatic rings. The lowest BCUT2D eigenvalue weighted by Gasteiger charge is -2.32. The minimum Gasteiger partial charge on any atom is -0.362 e. The molecule has 1 fully saturated rings. The van der Waals surface area contributed by atoms with Crippen molar-refractivity contribution in [1.29, 1.82) is 0 Å². The topological polar surface area (TPSA) is 79.0 Å². The molecule has 0 radical (unpaired) electrons. The maximum Gasteiger partial charge on any atom is 0.372 e. The van der Waals surface area contributed by atoms with Crippen molar-refractivity contribution in [2.45, 2.75) is 0 Å². The minimum atomic E-state index is -0.384. The quantitative estimate of drug-likeness (QED) is 0.655. The summed E-state index contributed by atoms with van der Waals surface area (Å²) in [4.78, 5) is 20.4. The number of hydrogen-bond donors (Lipinski definition) is 1. The van der Waals surface area contributed by atoms with Crippen molar-refractivity contribution in [3.05, 3.63) is 21.7 Å². The summed E-state index contributed by atoms with van der Waals surface area (Å²) >= 11 is 1.39. The molecule has 0 saturated carbocycles. The van der Waals surface area contributed by atoms with Gasteiger partial charge in [-0.1, -0.05) is 11.3 Å². The predicted octanol–water partition coefficient (Wildman–Crippen LogP) is 0.963. The zero-order chi connectivity index (χ0) is 14.8.